The third-order valence-electron chi connectivity index (χ3n) is 3.71. The summed E-state index contributed by atoms with van der Waals surface area (Å²) in [6.07, 6.45) is 2.11. The van der Waals surface area contributed by atoms with Crippen molar-refractivity contribution in [2.45, 2.75) is 25.8 Å². The average Bonchev–Trinajstić information content (AvgIpc) is 2.38. The Hall–Kier alpha value is -1.42. The number of hydrogen-bond acceptors (Lipinski definition) is 2. The molecular formula is C14H19FN2O. The van der Waals surface area contributed by atoms with Gasteiger partial charge in [-0.15, -0.1) is 0 Å². The summed E-state index contributed by atoms with van der Waals surface area (Å²) in [5.41, 5.74) is 6.30. The summed E-state index contributed by atoms with van der Waals surface area (Å²) in [5.74, 6) is 0.0547. The van der Waals surface area contributed by atoms with Crippen molar-refractivity contribution >= 4 is 5.91 Å². The summed E-state index contributed by atoms with van der Waals surface area (Å²) in [6, 6.07) is 5.79. The molecule has 1 aromatic rings. The Bertz CT molecular complexity index is 418. The summed E-state index contributed by atoms with van der Waals surface area (Å²) >= 11 is 0. The summed E-state index contributed by atoms with van der Waals surface area (Å²) < 4.78 is 12.9. The van der Waals surface area contributed by atoms with E-state index >= 15 is 0 Å². The Balaban J connectivity index is 2.18. The molecule has 98 valence electrons. The molecule has 1 aromatic carbocycles. The van der Waals surface area contributed by atoms with E-state index in [0.29, 0.717) is 18.0 Å². The lowest BCUT2D eigenvalue weighted by Crippen LogP contribution is -2.51. The Kier molecular flexibility index (Phi) is 3.97. The van der Waals surface area contributed by atoms with Crippen molar-refractivity contribution in [2.24, 2.45) is 11.7 Å². The standard InChI is InChI=1S/C14H19FN2O/c1-10-3-2-8-17(13(10)9-16)14(18)11-4-6-12(15)7-5-11/h4-7,10,13H,2-3,8-9,16H2,1H3. The molecule has 1 heterocycles. The number of piperidine rings is 1. The fourth-order valence-corrected chi connectivity index (χ4v) is 2.62. The van der Waals surface area contributed by atoms with Crippen LogP contribution in [0.1, 0.15) is 30.1 Å². The van der Waals surface area contributed by atoms with E-state index in [0.717, 1.165) is 19.4 Å². The minimum atomic E-state index is -0.325. The SMILES string of the molecule is CC1CCCN(C(=O)c2ccc(F)cc2)C1CN. The lowest BCUT2D eigenvalue weighted by Gasteiger charge is -2.39. The number of rotatable bonds is 2. The van der Waals surface area contributed by atoms with Crippen molar-refractivity contribution in [3.05, 3.63) is 35.6 Å². The van der Waals surface area contributed by atoms with Crippen LogP contribution in [-0.2, 0) is 0 Å². The van der Waals surface area contributed by atoms with E-state index in [4.69, 9.17) is 5.73 Å². The number of nitrogens with zero attached hydrogens (tertiary/aromatic N) is 1. The van der Waals surface area contributed by atoms with Crippen LogP contribution in [0.15, 0.2) is 24.3 Å². The molecule has 0 spiro atoms. The summed E-state index contributed by atoms with van der Waals surface area (Å²) in [5, 5.41) is 0. The highest BCUT2D eigenvalue weighted by Gasteiger charge is 2.31. The minimum absolute atomic E-state index is 0.0444. The number of halogens is 1. The maximum absolute atomic E-state index is 12.9. The largest absolute Gasteiger partial charge is 0.334 e. The second-order valence-corrected chi connectivity index (χ2v) is 4.93. The van der Waals surface area contributed by atoms with Gasteiger partial charge in [0.2, 0.25) is 0 Å². The monoisotopic (exact) mass is 250 g/mol. The van der Waals surface area contributed by atoms with Crippen molar-refractivity contribution in [1.29, 1.82) is 0 Å². The zero-order valence-corrected chi connectivity index (χ0v) is 10.6. The summed E-state index contributed by atoms with van der Waals surface area (Å²) in [6.45, 7) is 3.35. The van der Waals surface area contributed by atoms with Gasteiger partial charge in [-0.05, 0) is 43.0 Å². The number of benzene rings is 1. The lowest BCUT2D eigenvalue weighted by atomic mass is 9.90. The number of carbonyl (C=O) groups excluding carboxylic acids is 1. The first kappa shape index (κ1) is 13.0. The lowest BCUT2D eigenvalue weighted by molar-refractivity contribution is 0.0532. The number of carbonyl (C=O) groups is 1. The molecule has 0 bridgehead atoms. The van der Waals surface area contributed by atoms with Crippen LogP contribution >= 0.6 is 0 Å². The Labute approximate surface area is 107 Å². The zero-order valence-electron chi connectivity index (χ0n) is 10.6. The molecule has 2 N–H and O–H groups in total. The maximum atomic E-state index is 12.9. The molecule has 1 aliphatic heterocycles. The first-order valence-corrected chi connectivity index (χ1v) is 6.40. The van der Waals surface area contributed by atoms with E-state index in [1.54, 1.807) is 0 Å². The van der Waals surface area contributed by atoms with Gasteiger partial charge in [0.25, 0.3) is 5.91 Å². The Morgan fingerprint density at radius 2 is 2.11 bits per heavy atom. The fraction of sp³-hybridized carbons (Fsp3) is 0.500. The highest BCUT2D eigenvalue weighted by Crippen LogP contribution is 2.24. The highest BCUT2D eigenvalue weighted by atomic mass is 19.1. The van der Waals surface area contributed by atoms with Crippen LogP contribution in [0.3, 0.4) is 0 Å². The third-order valence-corrected chi connectivity index (χ3v) is 3.71. The quantitative estimate of drug-likeness (QED) is 0.873. The average molecular weight is 250 g/mol. The van der Waals surface area contributed by atoms with Gasteiger partial charge in [0.15, 0.2) is 0 Å². The molecule has 18 heavy (non-hydrogen) atoms. The van der Waals surface area contributed by atoms with Crippen LogP contribution in [0.5, 0.6) is 0 Å². The molecule has 3 nitrogen and oxygen atoms in total. The van der Waals surface area contributed by atoms with Crippen molar-refractivity contribution in [2.75, 3.05) is 13.1 Å². The van der Waals surface area contributed by atoms with Crippen LogP contribution < -0.4 is 5.73 Å². The molecule has 1 amide bonds. The number of nitrogens with two attached hydrogens (primary N) is 1. The molecule has 0 aromatic heterocycles. The van der Waals surface area contributed by atoms with E-state index < -0.39 is 0 Å². The van der Waals surface area contributed by atoms with Gasteiger partial charge >= 0.3 is 0 Å². The maximum Gasteiger partial charge on any atom is 0.254 e. The Morgan fingerprint density at radius 1 is 1.44 bits per heavy atom. The minimum Gasteiger partial charge on any atom is -0.334 e. The molecule has 1 fully saturated rings. The van der Waals surface area contributed by atoms with Crippen LogP contribution in [0.25, 0.3) is 0 Å². The van der Waals surface area contributed by atoms with Gasteiger partial charge in [-0.2, -0.15) is 0 Å². The molecule has 2 unspecified atom stereocenters. The van der Waals surface area contributed by atoms with E-state index in [1.165, 1.54) is 24.3 Å². The number of likely N-dealkylation sites (tertiary alicyclic amines) is 1. The van der Waals surface area contributed by atoms with Gasteiger partial charge in [0, 0.05) is 24.7 Å². The van der Waals surface area contributed by atoms with Crippen molar-refractivity contribution in [1.82, 2.24) is 4.90 Å². The van der Waals surface area contributed by atoms with Crippen LogP contribution in [0, 0.1) is 11.7 Å². The Morgan fingerprint density at radius 3 is 2.72 bits per heavy atom. The fourth-order valence-electron chi connectivity index (χ4n) is 2.62. The predicted molar refractivity (Wildman–Crippen MR) is 68.7 cm³/mol. The van der Waals surface area contributed by atoms with Crippen molar-refractivity contribution < 1.29 is 9.18 Å². The van der Waals surface area contributed by atoms with Crippen molar-refractivity contribution in [3.63, 3.8) is 0 Å². The van der Waals surface area contributed by atoms with Gasteiger partial charge in [-0.1, -0.05) is 6.92 Å². The molecular weight excluding hydrogens is 231 g/mol. The number of amides is 1. The third kappa shape index (κ3) is 2.53. The van der Waals surface area contributed by atoms with Crippen LogP contribution in [-0.4, -0.2) is 29.9 Å². The van der Waals surface area contributed by atoms with E-state index in [2.05, 4.69) is 6.92 Å². The molecule has 2 rings (SSSR count). The first-order chi connectivity index (χ1) is 8.63. The topological polar surface area (TPSA) is 46.3 Å². The second-order valence-electron chi connectivity index (χ2n) is 4.93. The molecule has 0 saturated carbocycles. The second kappa shape index (κ2) is 5.48. The smallest absolute Gasteiger partial charge is 0.254 e. The van der Waals surface area contributed by atoms with Crippen LogP contribution in [0.2, 0.25) is 0 Å². The van der Waals surface area contributed by atoms with Gasteiger partial charge < -0.3 is 10.6 Å². The summed E-state index contributed by atoms with van der Waals surface area (Å²) in [4.78, 5) is 14.2. The molecule has 1 saturated heterocycles. The molecule has 4 heteroatoms. The zero-order chi connectivity index (χ0) is 13.1. The molecule has 2 atom stereocenters. The predicted octanol–water partition coefficient (Wildman–Crippen LogP) is 2.03. The molecule has 0 radical (unpaired) electrons. The van der Waals surface area contributed by atoms with Crippen molar-refractivity contribution in [3.8, 4) is 0 Å². The van der Waals surface area contributed by atoms with Crippen LogP contribution in [0.4, 0.5) is 4.39 Å². The van der Waals surface area contributed by atoms with Gasteiger partial charge in [-0.3, -0.25) is 4.79 Å². The van der Waals surface area contributed by atoms with E-state index in [9.17, 15) is 9.18 Å². The molecule has 0 aliphatic carbocycles. The normalized spacial score (nSPS) is 24.1. The van der Waals surface area contributed by atoms with E-state index in [1.807, 2.05) is 4.90 Å². The number of hydrogen-bond donors (Lipinski definition) is 1. The summed E-state index contributed by atoms with van der Waals surface area (Å²) in [7, 11) is 0. The molecule has 1 aliphatic rings. The van der Waals surface area contributed by atoms with Gasteiger partial charge in [-0.25, -0.2) is 4.39 Å². The van der Waals surface area contributed by atoms with Gasteiger partial charge in [0.1, 0.15) is 5.82 Å². The van der Waals surface area contributed by atoms with E-state index in [-0.39, 0.29) is 17.8 Å². The highest BCUT2D eigenvalue weighted by molar-refractivity contribution is 5.94. The first-order valence-electron chi connectivity index (χ1n) is 6.40. The van der Waals surface area contributed by atoms with Gasteiger partial charge in [0.05, 0.1) is 0 Å².